The predicted molar refractivity (Wildman–Crippen MR) is 422 cm³/mol. The van der Waals surface area contributed by atoms with Crippen LogP contribution >= 0.6 is 0 Å². The molecule has 592 valence electrons. The van der Waals surface area contributed by atoms with Gasteiger partial charge in [0.2, 0.25) is 0 Å². The lowest BCUT2D eigenvalue weighted by Gasteiger charge is -2.21. The molecule has 0 unspecified atom stereocenters. The monoisotopic (exact) mass is 1580 g/mol. The van der Waals surface area contributed by atoms with Crippen molar-refractivity contribution in [2.75, 3.05) is 0 Å². The van der Waals surface area contributed by atoms with E-state index in [9.17, 15) is 67.1 Å². The van der Waals surface area contributed by atoms with Gasteiger partial charge in [-0.15, -0.1) is 0 Å². The van der Waals surface area contributed by atoms with Gasteiger partial charge in [-0.1, -0.05) is 158 Å². The zero-order valence-electron chi connectivity index (χ0n) is 61.1. The summed E-state index contributed by atoms with van der Waals surface area (Å²) in [7, 11) is 0. The van der Waals surface area contributed by atoms with Crippen molar-refractivity contribution in [1.82, 2.24) is 0 Å². The normalized spacial score (nSPS) is 12.2. The molecule has 14 rings (SSSR count). The molecule has 0 aliphatic heterocycles. The molecule has 2 saturated carbocycles. The lowest BCUT2D eigenvalue weighted by atomic mass is 9.98. The third kappa shape index (κ3) is 23.5. The number of carbonyl (C=O) groups is 14. The Morgan fingerprint density at radius 3 is 0.517 bits per heavy atom. The highest BCUT2D eigenvalue weighted by Gasteiger charge is 2.22. The van der Waals surface area contributed by atoms with E-state index in [0.717, 1.165) is 51.4 Å². The molecule has 0 saturated heterocycles. The zero-order chi connectivity index (χ0) is 84.4. The van der Waals surface area contributed by atoms with Crippen LogP contribution in [0.5, 0.6) is 0 Å². The van der Waals surface area contributed by atoms with Crippen molar-refractivity contribution in [2.24, 2.45) is 0 Å². The molecule has 12 aromatic carbocycles. The number of rotatable bonds is 16. The Bertz CT molecular complexity index is 5000. The molecular formula is C88H72O28. The van der Waals surface area contributed by atoms with E-state index in [2.05, 4.69) is 0 Å². The lowest BCUT2D eigenvalue weighted by molar-refractivity contribution is -0.147. The number of fused-ring (bicyclic) bond motifs is 6. The molecule has 0 radical (unpaired) electrons. The Labute approximate surface area is 656 Å². The number of hydrogen-bond acceptors (Lipinski definition) is 16. The van der Waals surface area contributed by atoms with Crippen LogP contribution in [0.4, 0.5) is 0 Å². The maximum atomic E-state index is 11.6. The van der Waals surface area contributed by atoms with Crippen molar-refractivity contribution in [1.29, 1.82) is 0 Å². The molecule has 116 heavy (non-hydrogen) atoms. The Hall–Kier alpha value is -15.5. The fourth-order valence-electron chi connectivity index (χ4n) is 12.6. The minimum absolute atomic E-state index is 0.00972. The van der Waals surface area contributed by atoms with Crippen LogP contribution in [-0.2, 0) is 19.1 Å². The van der Waals surface area contributed by atoms with Gasteiger partial charge in [0.25, 0.3) is 0 Å². The van der Waals surface area contributed by atoms with Crippen molar-refractivity contribution in [3.05, 3.63) is 297 Å². The molecule has 0 heterocycles. The van der Waals surface area contributed by atoms with Crippen LogP contribution in [0.2, 0.25) is 0 Å². The summed E-state index contributed by atoms with van der Waals surface area (Å²) in [5.41, 5.74) is -0.0467. The van der Waals surface area contributed by atoms with Gasteiger partial charge >= 0.3 is 83.6 Å². The van der Waals surface area contributed by atoms with Crippen molar-refractivity contribution in [2.45, 2.75) is 76.4 Å². The van der Waals surface area contributed by atoms with Crippen molar-refractivity contribution in [3.8, 4) is 0 Å². The summed E-state index contributed by atoms with van der Waals surface area (Å²) in [4.78, 5) is 154. The highest BCUT2D eigenvalue weighted by molar-refractivity contribution is 6.12. The first-order chi connectivity index (χ1) is 55.3. The second-order valence-corrected chi connectivity index (χ2v) is 25.9. The molecule has 2 aliphatic carbocycles. The molecule has 0 atom stereocenters. The average molecular weight is 1580 g/mol. The summed E-state index contributed by atoms with van der Waals surface area (Å²) in [5, 5.41) is 114. The van der Waals surface area contributed by atoms with Crippen LogP contribution in [0.15, 0.2) is 231 Å². The summed E-state index contributed by atoms with van der Waals surface area (Å²) in [6.07, 6.45) is 13.1. The minimum Gasteiger partial charge on any atom is -0.478 e. The molecule has 0 bridgehead atoms. The molecular weight excluding hydrogens is 1500 g/mol. The third-order valence-corrected chi connectivity index (χ3v) is 18.1. The van der Waals surface area contributed by atoms with E-state index in [0.29, 0.717) is 64.6 Å². The number of carboxylic acid groups (broad SMARTS) is 12. The molecule has 12 N–H and O–H groups in total. The highest BCUT2D eigenvalue weighted by Crippen LogP contribution is 2.29. The van der Waals surface area contributed by atoms with Crippen LogP contribution in [0.1, 0.15) is 189 Å². The molecule has 12 aromatic rings. The maximum absolute atomic E-state index is 11.6. The minimum atomic E-state index is -1.13. The fourth-order valence-corrected chi connectivity index (χ4v) is 12.6. The number of ether oxygens (including phenoxy) is 2. The summed E-state index contributed by atoms with van der Waals surface area (Å²) in [6, 6.07) is 56.6. The van der Waals surface area contributed by atoms with E-state index in [1.807, 2.05) is 0 Å². The van der Waals surface area contributed by atoms with Gasteiger partial charge in [0.1, 0.15) is 12.2 Å². The van der Waals surface area contributed by atoms with E-state index in [-0.39, 0.29) is 79.0 Å². The average Bonchev–Trinajstić information content (AvgIpc) is 0.834. The molecule has 2 aliphatic rings. The van der Waals surface area contributed by atoms with Crippen LogP contribution in [0.25, 0.3) is 64.6 Å². The smallest absolute Gasteiger partial charge is 0.336 e. The zero-order valence-corrected chi connectivity index (χ0v) is 61.1. The van der Waals surface area contributed by atoms with Gasteiger partial charge in [-0.25, -0.2) is 67.1 Å². The van der Waals surface area contributed by atoms with Gasteiger partial charge < -0.3 is 70.8 Å². The van der Waals surface area contributed by atoms with Gasteiger partial charge in [0.15, 0.2) is 0 Å². The number of carbonyl (C=O) groups excluding carboxylic acids is 2. The Kier molecular flexibility index (Phi) is 30.0. The first-order valence-corrected chi connectivity index (χ1v) is 35.4. The first-order valence-electron chi connectivity index (χ1n) is 35.4. The van der Waals surface area contributed by atoms with E-state index < -0.39 is 83.6 Å². The van der Waals surface area contributed by atoms with E-state index in [1.54, 1.807) is 146 Å². The first kappa shape index (κ1) is 86.1. The number of hydrogen-bond donors (Lipinski definition) is 12. The summed E-state index contributed by atoms with van der Waals surface area (Å²) in [6.45, 7) is 0. The summed E-state index contributed by atoms with van der Waals surface area (Å²) < 4.78 is 10.6. The largest absolute Gasteiger partial charge is 0.478 e. The van der Waals surface area contributed by atoms with Crippen molar-refractivity contribution >= 4 is 148 Å². The Balaban J connectivity index is 0.000000169. The summed E-state index contributed by atoms with van der Waals surface area (Å²) >= 11 is 0. The second kappa shape index (κ2) is 40.5. The quantitative estimate of drug-likeness (QED) is 0.0316. The molecule has 28 heteroatoms. The van der Waals surface area contributed by atoms with Gasteiger partial charge in [0, 0.05) is 12.2 Å². The molecule has 0 spiro atoms. The highest BCUT2D eigenvalue weighted by atomic mass is 16.6. The Morgan fingerprint density at radius 2 is 0.371 bits per heavy atom. The molecule has 0 aromatic heterocycles. The van der Waals surface area contributed by atoms with Gasteiger partial charge in [-0.2, -0.15) is 0 Å². The topological polar surface area (TPSA) is 500 Å². The fraction of sp³-hybridized carbons (Fsp3) is 0.136. The predicted octanol–water partition coefficient (Wildman–Crippen LogP) is 16.7. The van der Waals surface area contributed by atoms with E-state index in [1.165, 1.54) is 97.8 Å². The second-order valence-electron chi connectivity index (χ2n) is 25.9. The molecule has 2 fully saturated rings. The standard InChI is InChI=1S/C16H24O4.6C12H8O4/c17-15(19-13-7-3-1-4-8-13)11-12-16(18)20-14-9-5-2-6-10-14;6*13-11(14)8-5-7-3-1-2-4-9(7)10(6-8)12(15)16/h11-14H,1-10H2;6*1-6H,(H,13,14)(H,15,16)/b12-11-;;;;;;. The Morgan fingerprint density at radius 1 is 0.216 bits per heavy atom. The van der Waals surface area contributed by atoms with Crippen molar-refractivity contribution in [3.63, 3.8) is 0 Å². The van der Waals surface area contributed by atoms with Gasteiger partial charge in [-0.3, -0.25) is 0 Å². The van der Waals surface area contributed by atoms with Crippen LogP contribution in [0.3, 0.4) is 0 Å². The third-order valence-electron chi connectivity index (χ3n) is 18.1. The van der Waals surface area contributed by atoms with Gasteiger partial charge in [-0.05, 0) is 189 Å². The number of benzene rings is 12. The van der Waals surface area contributed by atoms with E-state index >= 15 is 0 Å². The SMILES string of the molecule is O=C(/C=C\C(=O)OC1CCCCC1)OC1CCCCC1.O=C(O)c1cc(C(=O)O)c2ccccc2c1.O=C(O)c1cc(C(=O)O)c2ccccc2c1.O=C(O)c1cc(C(=O)O)c2ccccc2c1.O=C(O)c1cc(C(=O)O)c2ccccc2c1.O=C(O)c1cc(C(=O)O)c2ccccc2c1.O=C(O)c1cc(C(=O)O)c2ccccc2c1. The van der Waals surface area contributed by atoms with Crippen molar-refractivity contribution < 1.29 is 138 Å². The molecule has 28 nitrogen and oxygen atoms in total. The van der Waals surface area contributed by atoms with Crippen LogP contribution < -0.4 is 0 Å². The molecule has 0 amide bonds. The number of carboxylic acids is 12. The van der Waals surface area contributed by atoms with Gasteiger partial charge in [0.05, 0.1) is 66.8 Å². The lowest BCUT2D eigenvalue weighted by Crippen LogP contribution is -2.21. The maximum Gasteiger partial charge on any atom is 0.336 e. The summed E-state index contributed by atoms with van der Waals surface area (Å²) in [5.74, 6) is -14.4. The van der Waals surface area contributed by atoms with Crippen LogP contribution in [-0.4, -0.2) is 157 Å². The number of aromatic carboxylic acids is 12. The van der Waals surface area contributed by atoms with E-state index in [4.69, 9.17) is 70.8 Å². The van der Waals surface area contributed by atoms with Crippen LogP contribution in [0, 0.1) is 0 Å². The number of esters is 2.